The minimum atomic E-state index is -4.50. The van der Waals surface area contributed by atoms with E-state index in [4.69, 9.17) is 9.66 Å². The van der Waals surface area contributed by atoms with Crippen molar-refractivity contribution < 1.29 is 42.7 Å². The van der Waals surface area contributed by atoms with Crippen LogP contribution in [-0.4, -0.2) is 56.0 Å². The molecule has 15 heteroatoms. The normalized spacial score (nSPS) is 11.5. The van der Waals surface area contributed by atoms with Crippen molar-refractivity contribution in [2.75, 3.05) is 0 Å². The van der Waals surface area contributed by atoms with Gasteiger partial charge in [-0.15, -0.1) is 10.2 Å². The first-order valence-electron chi connectivity index (χ1n) is 8.58. The molecule has 0 fully saturated rings. The number of rotatable bonds is 7. The minimum Gasteiger partial charge on any atom is -0.478 e. The molecule has 3 aromatic rings. The molecule has 0 aliphatic rings. The molecule has 0 aliphatic heterocycles. The molecule has 0 saturated carbocycles. The Kier molecular flexibility index (Phi) is 5.92. The lowest BCUT2D eigenvalue weighted by Gasteiger charge is -2.02. The van der Waals surface area contributed by atoms with Crippen molar-refractivity contribution in [1.29, 1.82) is 0 Å². The summed E-state index contributed by atoms with van der Waals surface area (Å²) in [7, 11) is -4.50. The van der Waals surface area contributed by atoms with Crippen LogP contribution in [0, 0.1) is 0 Å². The van der Waals surface area contributed by atoms with Crippen molar-refractivity contribution in [2.24, 2.45) is 10.2 Å². The lowest BCUT2D eigenvalue weighted by molar-refractivity contribution is 0.0682. The van der Waals surface area contributed by atoms with Crippen LogP contribution in [-0.2, 0) is 10.1 Å². The van der Waals surface area contributed by atoms with Crippen molar-refractivity contribution >= 4 is 39.4 Å². The standard InChI is InChI=1S/C18H12N4O10S/c23-15-13(20-19-12-7-8(16(24)25)1-6-11(12)17(26)27)14(18(28)29)21-22(15)9-2-4-10(5-3-9)33(30,31)32/h1-7,21H,(H,24,25)(H,26,27)(H,28,29)(H,30,31,32). The van der Waals surface area contributed by atoms with Gasteiger partial charge in [0.15, 0.2) is 11.4 Å². The molecule has 33 heavy (non-hydrogen) atoms. The highest BCUT2D eigenvalue weighted by atomic mass is 32.2. The topological polar surface area (TPSA) is 229 Å². The molecular weight excluding hydrogens is 464 g/mol. The molecule has 0 radical (unpaired) electrons. The zero-order valence-electron chi connectivity index (χ0n) is 16.0. The summed E-state index contributed by atoms with van der Waals surface area (Å²) in [5.74, 6) is -4.47. The SMILES string of the molecule is O=C(O)c1ccc(C(=O)O)c(N=Nc2c(C(=O)O)[nH]n(-c3ccc(S(=O)(=O)O)cc3)c2=O)c1. The van der Waals surface area contributed by atoms with Crippen molar-refractivity contribution in [1.82, 2.24) is 9.78 Å². The summed E-state index contributed by atoms with van der Waals surface area (Å²) in [5.41, 5.74) is -3.73. The van der Waals surface area contributed by atoms with E-state index in [-0.39, 0.29) is 11.3 Å². The highest BCUT2D eigenvalue weighted by molar-refractivity contribution is 7.85. The van der Waals surface area contributed by atoms with Gasteiger partial charge in [-0.3, -0.25) is 14.4 Å². The lowest BCUT2D eigenvalue weighted by Crippen LogP contribution is -2.14. The molecule has 0 unspecified atom stereocenters. The second-order valence-corrected chi connectivity index (χ2v) is 7.71. The molecule has 2 aromatic carbocycles. The second kappa shape index (κ2) is 8.48. The number of nitrogens with zero attached hydrogens (tertiary/aromatic N) is 3. The van der Waals surface area contributed by atoms with Crippen LogP contribution in [0.4, 0.5) is 11.4 Å². The zero-order valence-corrected chi connectivity index (χ0v) is 16.8. The van der Waals surface area contributed by atoms with Gasteiger partial charge in [-0.05, 0) is 42.5 Å². The van der Waals surface area contributed by atoms with Crippen molar-refractivity contribution in [2.45, 2.75) is 4.90 Å². The van der Waals surface area contributed by atoms with Gasteiger partial charge in [-0.1, -0.05) is 0 Å². The van der Waals surface area contributed by atoms with Gasteiger partial charge in [0.05, 0.1) is 21.7 Å². The zero-order chi connectivity index (χ0) is 24.5. The van der Waals surface area contributed by atoms with E-state index in [2.05, 4.69) is 15.3 Å². The fourth-order valence-corrected chi connectivity index (χ4v) is 3.13. The maximum atomic E-state index is 12.7. The van der Waals surface area contributed by atoms with Crippen LogP contribution in [0.1, 0.15) is 31.2 Å². The highest BCUT2D eigenvalue weighted by Crippen LogP contribution is 2.25. The third kappa shape index (κ3) is 4.68. The smallest absolute Gasteiger partial charge is 0.356 e. The highest BCUT2D eigenvalue weighted by Gasteiger charge is 2.22. The first kappa shape index (κ1) is 23.0. The van der Waals surface area contributed by atoms with Crippen LogP contribution in [0.5, 0.6) is 0 Å². The van der Waals surface area contributed by atoms with Crippen LogP contribution in [0.3, 0.4) is 0 Å². The molecule has 0 spiro atoms. The van der Waals surface area contributed by atoms with Crippen molar-refractivity contribution in [3.8, 4) is 5.69 Å². The predicted octanol–water partition coefficient (Wildman–Crippen LogP) is 1.92. The van der Waals surface area contributed by atoms with E-state index in [9.17, 15) is 37.8 Å². The fourth-order valence-electron chi connectivity index (χ4n) is 2.65. The summed E-state index contributed by atoms with van der Waals surface area (Å²) < 4.78 is 32.0. The Balaban J connectivity index is 2.13. The van der Waals surface area contributed by atoms with E-state index in [1.807, 2.05) is 0 Å². The number of carboxylic acid groups (broad SMARTS) is 3. The lowest BCUT2D eigenvalue weighted by atomic mass is 10.1. The van der Waals surface area contributed by atoms with Gasteiger partial charge < -0.3 is 15.3 Å². The van der Waals surface area contributed by atoms with Crippen LogP contribution < -0.4 is 5.56 Å². The molecule has 14 nitrogen and oxygen atoms in total. The number of carbonyl (C=O) groups is 3. The van der Waals surface area contributed by atoms with Crippen LogP contribution in [0.25, 0.3) is 5.69 Å². The summed E-state index contributed by atoms with van der Waals surface area (Å²) in [6.07, 6.45) is 0. The van der Waals surface area contributed by atoms with E-state index in [0.717, 1.165) is 42.5 Å². The summed E-state index contributed by atoms with van der Waals surface area (Å²) in [6, 6.07) is 7.01. The van der Waals surface area contributed by atoms with E-state index in [1.54, 1.807) is 0 Å². The number of aromatic nitrogens is 2. The Bertz CT molecular complexity index is 1480. The summed E-state index contributed by atoms with van der Waals surface area (Å²) in [4.78, 5) is 46.3. The van der Waals surface area contributed by atoms with Gasteiger partial charge in [0.1, 0.15) is 5.69 Å². The maximum Gasteiger partial charge on any atom is 0.356 e. The number of azo groups is 1. The average Bonchev–Trinajstić information content (AvgIpc) is 3.07. The predicted molar refractivity (Wildman–Crippen MR) is 108 cm³/mol. The van der Waals surface area contributed by atoms with Crippen LogP contribution >= 0.6 is 0 Å². The Labute approximate surface area is 182 Å². The molecule has 0 aliphatic carbocycles. The van der Waals surface area contributed by atoms with E-state index in [1.165, 1.54) is 0 Å². The number of H-pyrrole nitrogens is 1. The largest absolute Gasteiger partial charge is 0.478 e. The summed E-state index contributed by atoms with van der Waals surface area (Å²) >= 11 is 0. The summed E-state index contributed by atoms with van der Waals surface area (Å²) in [6.45, 7) is 0. The minimum absolute atomic E-state index is 0.0181. The van der Waals surface area contributed by atoms with Gasteiger partial charge in [-0.2, -0.15) is 8.42 Å². The molecule has 0 amide bonds. The Morgan fingerprint density at radius 3 is 2.03 bits per heavy atom. The van der Waals surface area contributed by atoms with Crippen LogP contribution in [0.15, 0.2) is 62.4 Å². The number of aromatic carboxylic acids is 3. The van der Waals surface area contributed by atoms with E-state index >= 15 is 0 Å². The van der Waals surface area contributed by atoms with Crippen LogP contribution in [0.2, 0.25) is 0 Å². The third-order valence-electron chi connectivity index (χ3n) is 4.21. The van der Waals surface area contributed by atoms with Gasteiger partial charge in [0.2, 0.25) is 0 Å². The fraction of sp³-hybridized carbons (Fsp3) is 0. The molecular formula is C18H12N4O10S. The molecule has 0 atom stereocenters. The van der Waals surface area contributed by atoms with E-state index in [0.29, 0.717) is 4.68 Å². The van der Waals surface area contributed by atoms with Crippen molar-refractivity contribution in [3.63, 3.8) is 0 Å². The quantitative estimate of drug-likeness (QED) is 0.246. The summed E-state index contributed by atoms with van der Waals surface area (Å²) in [5, 5.41) is 37.1. The number of aromatic amines is 1. The number of carboxylic acids is 3. The van der Waals surface area contributed by atoms with Gasteiger partial charge in [-0.25, -0.2) is 19.1 Å². The van der Waals surface area contributed by atoms with Gasteiger partial charge in [0, 0.05) is 0 Å². The Morgan fingerprint density at radius 2 is 1.52 bits per heavy atom. The number of nitrogens with one attached hydrogen (secondary N) is 1. The molecule has 170 valence electrons. The first-order valence-corrected chi connectivity index (χ1v) is 10.0. The molecule has 3 rings (SSSR count). The number of hydrogen-bond donors (Lipinski definition) is 5. The van der Waals surface area contributed by atoms with Gasteiger partial charge >= 0.3 is 17.9 Å². The molecule has 5 N–H and O–H groups in total. The molecule has 1 aromatic heterocycles. The Hall–Kier alpha value is -4.63. The first-order chi connectivity index (χ1) is 15.4. The Morgan fingerprint density at radius 1 is 0.879 bits per heavy atom. The third-order valence-corrected chi connectivity index (χ3v) is 5.07. The molecule has 0 saturated heterocycles. The monoisotopic (exact) mass is 476 g/mol. The molecule has 1 heterocycles. The van der Waals surface area contributed by atoms with Crippen molar-refractivity contribution in [3.05, 3.63) is 69.6 Å². The second-order valence-electron chi connectivity index (χ2n) is 6.29. The number of hydrogen-bond acceptors (Lipinski definition) is 8. The number of benzene rings is 2. The maximum absolute atomic E-state index is 12.7. The average molecular weight is 476 g/mol. The molecule has 0 bridgehead atoms. The van der Waals surface area contributed by atoms with Gasteiger partial charge in [0.25, 0.3) is 15.7 Å². The van der Waals surface area contributed by atoms with E-state index < -0.39 is 61.1 Å².